The minimum absolute atomic E-state index is 0.405. The van der Waals surface area contributed by atoms with E-state index in [-0.39, 0.29) is 0 Å². The SMILES string of the molecule is CC(C)CCC(CCCNC(O)C1c2ccc(Oc3ccccc3)cc2CCN1C(=O)OC(C)(C)C)C(C)C. The van der Waals surface area contributed by atoms with E-state index in [0.29, 0.717) is 31.3 Å². The predicted molar refractivity (Wildman–Crippen MR) is 158 cm³/mol. The van der Waals surface area contributed by atoms with E-state index in [1.165, 1.54) is 12.8 Å². The molecule has 0 aliphatic carbocycles. The highest BCUT2D eigenvalue weighted by molar-refractivity contribution is 5.70. The zero-order valence-electron chi connectivity index (χ0n) is 25.1. The van der Waals surface area contributed by atoms with Crippen LogP contribution < -0.4 is 10.1 Å². The number of carbonyl (C=O) groups excluding carboxylic acids is 1. The van der Waals surface area contributed by atoms with Crippen LogP contribution in [0.2, 0.25) is 0 Å². The van der Waals surface area contributed by atoms with Gasteiger partial charge in [0.25, 0.3) is 0 Å². The largest absolute Gasteiger partial charge is 0.457 e. The molecule has 3 unspecified atom stereocenters. The summed E-state index contributed by atoms with van der Waals surface area (Å²) in [6.45, 7) is 15.9. The first-order chi connectivity index (χ1) is 18.4. The van der Waals surface area contributed by atoms with Crippen molar-refractivity contribution in [1.29, 1.82) is 0 Å². The van der Waals surface area contributed by atoms with Crippen molar-refractivity contribution < 1.29 is 19.4 Å². The highest BCUT2D eigenvalue weighted by Crippen LogP contribution is 2.36. The summed E-state index contributed by atoms with van der Waals surface area (Å²) in [5.41, 5.74) is 1.38. The lowest BCUT2D eigenvalue weighted by molar-refractivity contribution is -0.0174. The Morgan fingerprint density at radius 3 is 2.38 bits per heavy atom. The summed E-state index contributed by atoms with van der Waals surface area (Å²) < 4.78 is 11.8. The summed E-state index contributed by atoms with van der Waals surface area (Å²) in [6.07, 6.45) is 3.94. The van der Waals surface area contributed by atoms with Crippen LogP contribution in [0.5, 0.6) is 11.5 Å². The van der Waals surface area contributed by atoms with Crippen LogP contribution in [0, 0.1) is 17.8 Å². The predicted octanol–water partition coefficient (Wildman–Crippen LogP) is 7.71. The van der Waals surface area contributed by atoms with Gasteiger partial charge < -0.3 is 14.6 Å². The normalized spacial score (nSPS) is 17.2. The summed E-state index contributed by atoms with van der Waals surface area (Å²) in [4.78, 5) is 14.9. The Morgan fingerprint density at radius 2 is 1.74 bits per heavy atom. The molecule has 1 heterocycles. The second-order valence-corrected chi connectivity index (χ2v) is 12.7. The molecule has 0 radical (unpaired) electrons. The molecule has 2 N–H and O–H groups in total. The highest BCUT2D eigenvalue weighted by atomic mass is 16.6. The van der Waals surface area contributed by atoms with Crippen LogP contribution in [0.15, 0.2) is 48.5 Å². The smallest absolute Gasteiger partial charge is 0.410 e. The molecule has 1 amide bonds. The molecule has 0 aromatic heterocycles. The Morgan fingerprint density at radius 1 is 1.03 bits per heavy atom. The third kappa shape index (κ3) is 9.54. The number of nitrogens with one attached hydrogen (secondary N) is 1. The number of hydrogen-bond acceptors (Lipinski definition) is 5. The molecule has 0 saturated carbocycles. The van der Waals surface area contributed by atoms with Crippen molar-refractivity contribution in [2.24, 2.45) is 17.8 Å². The van der Waals surface area contributed by atoms with E-state index in [2.05, 4.69) is 33.0 Å². The van der Waals surface area contributed by atoms with Gasteiger partial charge >= 0.3 is 6.09 Å². The van der Waals surface area contributed by atoms with E-state index in [1.54, 1.807) is 4.90 Å². The standard InChI is InChI=1S/C33H50N2O4/c1-23(2)15-16-25(24(3)4)12-11-20-34-31(36)30-29-18-17-28(38-27-13-9-8-10-14-27)22-26(29)19-21-35(30)32(37)39-33(5,6)7/h8-10,13-14,17-18,22-25,30-31,34,36H,11-12,15-16,19-21H2,1-7H3. The summed E-state index contributed by atoms with van der Waals surface area (Å²) in [5, 5.41) is 14.7. The molecule has 216 valence electrons. The molecular weight excluding hydrogens is 488 g/mol. The minimum Gasteiger partial charge on any atom is -0.457 e. The van der Waals surface area contributed by atoms with Crippen molar-refractivity contribution >= 4 is 6.09 Å². The molecule has 2 aromatic carbocycles. The van der Waals surface area contributed by atoms with E-state index >= 15 is 0 Å². The molecule has 0 bridgehead atoms. The zero-order chi connectivity index (χ0) is 28.6. The highest BCUT2D eigenvalue weighted by Gasteiger charge is 2.38. The van der Waals surface area contributed by atoms with Crippen LogP contribution in [0.25, 0.3) is 0 Å². The first kappa shape index (κ1) is 31.0. The van der Waals surface area contributed by atoms with Crippen molar-refractivity contribution in [2.75, 3.05) is 13.1 Å². The molecule has 2 aromatic rings. The summed E-state index contributed by atoms with van der Waals surface area (Å²) in [7, 11) is 0. The first-order valence-corrected chi connectivity index (χ1v) is 14.7. The van der Waals surface area contributed by atoms with Gasteiger partial charge in [-0.2, -0.15) is 0 Å². The van der Waals surface area contributed by atoms with Gasteiger partial charge in [0.05, 0.1) is 6.04 Å². The van der Waals surface area contributed by atoms with E-state index in [4.69, 9.17) is 9.47 Å². The number of fused-ring (bicyclic) bond motifs is 1. The zero-order valence-corrected chi connectivity index (χ0v) is 25.1. The number of benzene rings is 2. The van der Waals surface area contributed by atoms with Gasteiger partial charge in [0.2, 0.25) is 0 Å². The van der Waals surface area contributed by atoms with Gasteiger partial charge in [0.15, 0.2) is 0 Å². The summed E-state index contributed by atoms with van der Waals surface area (Å²) in [5.74, 6) is 3.56. The van der Waals surface area contributed by atoms with E-state index in [0.717, 1.165) is 41.4 Å². The fraction of sp³-hybridized carbons (Fsp3) is 0.606. The van der Waals surface area contributed by atoms with Crippen LogP contribution in [-0.2, 0) is 11.2 Å². The average molecular weight is 539 g/mol. The minimum atomic E-state index is -0.911. The Balaban J connectivity index is 1.73. The number of hydrogen-bond donors (Lipinski definition) is 2. The Bertz CT molecular complexity index is 1030. The molecule has 3 rings (SSSR count). The Labute approximate surface area is 236 Å². The van der Waals surface area contributed by atoms with Crippen molar-refractivity contribution in [3.63, 3.8) is 0 Å². The number of carbonyl (C=O) groups is 1. The first-order valence-electron chi connectivity index (χ1n) is 14.7. The number of para-hydroxylation sites is 1. The lowest BCUT2D eigenvalue weighted by Crippen LogP contribution is -2.51. The van der Waals surface area contributed by atoms with Crippen molar-refractivity contribution in [1.82, 2.24) is 10.2 Å². The molecule has 0 spiro atoms. The fourth-order valence-electron chi connectivity index (χ4n) is 5.27. The lowest BCUT2D eigenvalue weighted by atomic mass is 9.85. The van der Waals surface area contributed by atoms with Crippen LogP contribution in [-0.4, -0.2) is 41.0 Å². The van der Waals surface area contributed by atoms with Crippen LogP contribution >= 0.6 is 0 Å². The average Bonchev–Trinajstić information content (AvgIpc) is 2.86. The third-order valence-electron chi connectivity index (χ3n) is 7.46. The molecule has 39 heavy (non-hydrogen) atoms. The maximum Gasteiger partial charge on any atom is 0.410 e. The molecule has 1 aliphatic heterocycles. The van der Waals surface area contributed by atoms with E-state index in [1.807, 2.05) is 69.3 Å². The van der Waals surface area contributed by atoms with Crippen LogP contribution in [0.1, 0.15) is 91.3 Å². The molecule has 1 aliphatic rings. The van der Waals surface area contributed by atoms with Crippen LogP contribution in [0.3, 0.4) is 0 Å². The molecule has 6 nitrogen and oxygen atoms in total. The monoisotopic (exact) mass is 538 g/mol. The molecule has 0 fully saturated rings. The van der Waals surface area contributed by atoms with Gasteiger partial charge in [-0.3, -0.25) is 10.2 Å². The van der Waals surface area contributed by atoms with Gasteiger partial charge in [-0.25, -0.2) is 4.79 Å². The topological polar surface area (TPSA) is 71.0 Å². The summed E-state index contributed by atoms with van der Waals surface area (Å²) in [6, 6.07) is 15.0. The van der Waals surface area contributed by atoms with Gasteiger partial charge in [-0.05, 0) is 106 Å². The van der Waals surface area contributed by atoms with E-state index in [9.17, 15) is 9.90 Å². The van der Waals surface area contributed by atoms with Crippen molar-refractivity contribution in [2.45, 2.75) is 98.4 Å². The number of aliphatic hydroxyl groups is 1. The van der Waals surface area contributed by atoms with Gasteiger partial charge in [0, 0.05) is 6.54 Å². The lowest BCUT2D eigenvalue weighted by Gasteiger charge is -2.40. The summed E-state index contributed by atoms with van der Waals surface area (Å²) >= 11 is 0. The maximum atomic E-state index is 13.2. The number of nitrogens with zero attached hydrogens (tertiary/aromatic N) is 1. The van der Waals surface area contributed by atoms with Crippen molar-refractivity contribution in [3.05, 3.63) is 59.7 Å². The van der Waals surface area contributed by atoms with E-state index < -0.39 is 24.0 Å². The van der Waals surface area contributed by atoms with Crippen LogP contribution in [0.4, 0.5) is 4.79 Å². The van der Waals surface area contributed by atoms with Crippen molar-refractivity contribution in [3.8, 4) is 11.5 Å². The number of amides is 1. The second kappa shape index (κ2) is 14.2. The van der Waals surface area contributed by atoms with Gasteiger partial charge in [-0.1, -0.05) is 58.4 Å². The molecule has 3 atom stereocenters. The second-order valence-electron chi connectivity index (χ2n) is 12.7. The molecular formula is C33H50N2O4. The maximum absolute atomic E-state index is 13.2. The third-order valence-corrected chi connectivity index (χ3v) is 7.46. The number of rotatable bonds is 12. The molecule has 0 saturated heterocycles. The molecule has 6 heteroatoms. The number of aliphatic hydroxyl groups excluding tert-OH is 1. The Kier molecular flexibility index (Phi) is 11.3. The fourth-order valence-corrected chi connectivity index (χ4v) is 5.27. The number of ether oxygens (including phenoxy) is 2. The van der Waals surface area contributed by atoms with Gasteiger partial charge in [0.1, 0.15) is 23.3 Å². The quantitative estimate of drug-likeness (QED) is 0.214. The van der Waals surface area contributed by atoms with Gasteiger partial charge in [-0.15, -0.1) is 0 Å². The Hall–Kier alpha value is -2.57.